The van der Waals surface area contributed by atoms with Crippen LogP contribution in [0.2, 0.25) is 0 Å². The van der Waals surface area contributed by atoms with E-state index in [4.69, 9.17) is 48.4 Å². The number of alkyl carbamates (subject to hydrolysis) is 1. The number of methoxy groups -OCH3 is 2. The maximum absolute atomic E-state index is 16.1. The summed E-state index contributed by atoms with van der Waals surface area (Å²) in [5.41, 5.74) is -2.67. The van der Waals surface area contributed by atoms with Crippen molar-refractivity contribution in [2.24, 2.45) is 28.4 Å². The fourth-order valence-corrected chi connectivity index (χ4v) is 14.0. The number of amides is 7. The minimum atomic E-state index is -2.48. The van der Waals surface area contributed by atoms with Crippen LogP contribution in [0.3, 0.4) is 0 Å². The molecule has 4 aliphatic rings. The van der Waals surface area contributed by atoms with Crippen LogP contribution in [0.1, 0.15) is 136 Å². The molecular formula is C72H100N8O20. The number of nitrogens with one attached hydrogen (secondary N) is 5. The van der Waals surface area contributed by atoms with Crippen LogP contribution >= 0.6 is 0 Å². The number of urea groups is 1. The predicted octanol–water partition coefficient (Wildman–Crippen LogP) is 6.81. The molecule has 1 aliphatic heterocycles. The summed E-state index contributed by atoms with van der Waals surface area (Å²) in [5.74, 6) is -5.66. The van der Waals surface area contributed by atoms with Crippen LogP contribution in [-0.4, -0.2) is 201 Å². The lowest BCUT2D eigenvalue weighted by atomic mass is 9.43. The van der Waals surface area contributed by atoms with E-state index in [1.807, 2.05) is 27.7 Å². The number of likely N-dealkylation sites (N-methyl/N-ethyl adjacent to an activating group) is 2. The number of nitrogens with two attached hydrogens (primary N) is 1. The summed E-state index contributed by atoms with van der Waals surface area (Å²) in [5, 5.41) is 28.4. The van der Waals surface area contributed by atoms with Crippen LogP contribution in [-0.2, 0) is 73.2 Å². The quantitative estimate of drug-likeness (QED) is 0.0178. The summed E-state index contributed by atoms with van der Waals surface area (Å²) in [7, 11) is 5.45. The number of ether oxygens (including phenoxy) is 9. The van der Waals surface area contributed by atoms with Crippen molar-refractivity contribution in [3.05, 3.63) is 113 Å². The Hall–Kier alpha value is -8.70. The Bertz CT molecular complexity index is 3470. The molecule has 13 atom stereocenters. The third-order valence-corrected chi connectivity index (χ3v) is 19.3. The summed E-state index contributed by atoms with van der Waals surface area (Å²) in [6, 6.07) is 18.5. The molecule has 0 aromatic heterocycles. The second-order valence-electron chi connectivity index (χ2n) is 28.4. The van der Waals surface area contributed by atoms with E-state index < -0.39 is 149 Å². The van der Waals surface area contributed by atoms with Gasteiger partial charge in [-0.1, -0.05) is 102 Å². The van der Waals surface area contributed by atoms with Gasteiger partial charge in [-0.25, -0.2) is 28.8 Å². The fourth-order valence-electron chi connectivity index (χ4n) is 14.0. The molecule has 0 radical (unpaired) electrons. The van der Waals surface area contributed by atoms with E-state index in [-0.39, 0.29) is 85.8 Å². The highest BCUT2D eigenvalue weighted by atomic mass is 16.6. The molecule has 28 nitrogen and oxygen atoms in total. The van der Waals surface area contributed by atoms with Crippen LogP contribution < -0.4 is 32.3 Å². The van der Waals surface area contributed by atoms with Gasteiger partial charge in [-0.3, -0.25) is 19.2 Å². The number of aliphatic hydroxyl groups is 1. The lowest BCUT2D eigenvalue weighted by Crippen LogP contribution is -2.84. The minimum absolute atomic E-state index is 0.0104. The smallest absolute Gasteiger partial charge is 0.410 e. The zero-order valence-corrected chi connectivity index (χ0v) is 60.1. The molecule has 2 saturated carbocycles. The van der Waals surface area contributed by atoms with Crippen molar-refractivity contribution in [1.82, 2.24) is 31.1 Å². The van der Waals surface area contributed by atoms with Crippen molar-refractivity contribution < 1.29 is 95.7 Å². The Balaban J connectivity index is 1.15. The Morgan fingerprint density at radius 1 is 0.810 bits per heavy atom. The molecule has 1 heterocycles. The van der Waals surface area contributed by atoms with Crippen LogP contribution in [0.15, 0.2) is 96.1 Å². The number of fused-ring (bicyclic) bond motifs is 5. The van der Waals surface area contributed by atoms with Gasteiger partial charge in [-0.15, -0.1) is 0 Å². The number of primary amides is 1. The van der Waals surface area contributed by atoms with Crippen LogP contribution in [0.25, 0.3) is 0 Å². The standard InChI is InChI=1S/C72H100N8O20/c1-40(2)54(75-41(3)4)60(84)77-49(28-23-33-74-64(73)87)59(83)76-47-31-29-44(30-32-47)38-95-66(89)79(13)34-35-80(14)67(90)97-57(55(45-24-19-17-20-25-45)78-65(88)100-68(7,8)9)62(86)96-51-37-71(91)63(98-61(85)46-26-21-18-22-27-46)72(99-43(6)81)48-39-94-50(48)36-52(92-15)70(72,12)58(82)56(93-16)53(42(51)5)69(71,10)11/h17-22,24-27,29-32,40-41,48-52,54-57,63,75,91H,23,28,33-39H2,1-16H3,(H,76,83)(H,77,84)(H,78,88)(H3,73,74,87)/t48?,49-,50+,51-,52-,54-,55?,56+,57+,63+,70-,71+,72+/m0/s1. The molecule has 2 unspecified atom stereocenters. The molecule has 3 aliphatic carbocycles. The zero-order chi connectivity index (χ0) is 74.0. The van der Waals surface area contributed by atoms with E-state index in [0.717, 1.165) is 11.8 Å². The summed E-state index contributed by atoms with van der Waals surface area (Å²) in [4.78, 5) is 143. The highest BCUT2D eigenvalue weighted by Gasteiger charge is 2.81. The maximum Gasteiger partial charge on any atom is 0.410 e. The van der Waals surface area contributed by atoms with E-state index in [1.54, 1.807) is 121 Å². The van der Waals surface area contributed by atoms with Crippen molar-refractivity contribution in [3.8, 4) is 0 Å². The lowest BCUT2D eigenvalue weighted by molar-refractivity contribution is -0.346. The molecule has 0 spiro atoms. The third kappa shape index (κ3) is 17.4. The number of hydrogen-bond donors (Lipinski definition) is 7. The molecule has 8 N–H and O–H groups in total. The number of nitrogens with zero attached hydrogens (tertiary/aromatic N) is 2. The molecule has 7 amide bonds. The number of rotatable bonds is 27. The van der Waals surface area contributed by atoms with Crippen molar-refractivity contribution in [2.75, 3.05) is 59.9 Å². The summed E-state index contributed by atoms with van der Waals surface area (Å²) in [6.07, 6.45) is -11.9. The number of hydrogen-bond acceptors (Lipinski definition) is 21. The first-order valence-corrected chi connectivity index (χ1v) is 33.6. The van der Waals surface area contributed by atoms with Gasteiger partial charge < -0.3 is 89.9 Å². The van der Waals surface area contributed by atoms with Gasteiger partial charge >= 0.3 is 42.2 Å². The van der Waals surface area contributed by atoms with Gasteiger partial charge in [0.1, 0.15) is 42.1 Å². The molecule has 3 aromatic rings. The Kier molecular flexibility index (Phi) is 25.7. The first kappa shape index (κ1) is 78.6. The Morgan fingerprint density at radius 3 is 1.98 bits per heavy atom. The van der Waals surface area contributed by atoms with Crippen molar-refractivity contribution >= 4 is 65.5 Å². The number of carbonyl (C=O) groups excluding carboxylic acids is 10. The number of ketones is 1. The normalized spacial score (nSPS) is 24.9. The van der Waals surface area contributed by atoms with E-state index in [9.17, 15) is 43.5 Å². The third-order valence-electron chi connectivity index (χ3n) is 19.3. The molecule has 548 valence electrons. The number of benzene rings is 3. The molecule has 3 aromatic carbocycles. The van der Waals surface area contributed by atoms with Crippen molar-refractivity contribution in [3.63, 3.8) is 0 Å². The highest BCUT2D eigenvalue weighted by Crippen LogP contribution is 2.66. The van der Waals surface area contributed by atoms with Gasteiger partial charge in [0.2, 0.25) is 17.9 Å². The van der Waals surface area contributed by atoms with Crippen LogP contribution in [0.5, 0.6) is 0 Å². The van der Waals surface area contributed by atoms with Gasteiger partial charge in [0, 0.05) is 84.9 Å². The van der Waals surface area contributed by atoms with E-state index in [0.29, 0.717) is 17.7 Å². The summed E-state index contributed by atoms with van der Waals surface area (Å²) >= 11 is 0. The minimum Gasteiger partial charge on any atom is -0.455 e. The molecule has 1 saturated heterocycles. The maximum atomic E-state index is 16.1. The van der Waals surface area contributed by atoms with Gasteiger partial charge in [-0.05, 0) is 99.9 Å². The second kappa shape index (κ2) is 32.7. The lowest BCUT2D eigenvalue weighted by Gasteiger charge is -2.69. The molecule has 3 fully saturated rings. The number of Topliss-reactive ketones (excluding diaryl/α,β-unsaturated/α-hetero) is 1. The van der Waals surface area contributed by atoms with Crippen LogP contribution in [0.4, 0.5) is 24.9 Å². The molecular weight excluding hydrogens is 1300 g/mol. The SMILES string of the molecule is CO[C@H]1C(=O)[C@]2(C)[C@@H](OC)C[C@H]3OCC3[C@@]2(OC(C)=O)[C@H](OC(=O)c2ccccc2)[C@]2(O)C[C@H](OC(=O)[C@H](OC(=O)N(C)CCN(C)C(=O)OCc3ccc(NC(=O)[C@H](CCCNC(N)=O)NC(=O)[C@@H](NC(C)C)C(C)C)cc3)C(NC(=O)OC(C)(C)C)c3ccccc3)C(C)=C1C2(C)C. The number of anilines is 1. The fraction of sp³-hybridized carbons (Fsp3) is 0.583. The highest BCUT2D eigenvalue weighted by molar-refractivity contribution is 5.98. The number of esters is 3. The van der Waals surface area contributed by atoms with Crippen molar-refractivity contribution in [1.29, 1.82) is 0 Å². The van der Waals surface area contributed by atoms with Gasteiger partial charge in [0.05, 0.1) is 41.8 Å². The average molecular weight is 1400 g/mol. The Labute approximate surface area is 584 Å². The van der Waals surface area contributed by atoms with Gasteiger partial charge in [0.25, 0.3) is 0 Å². The van der Waals surface area contributed by atoms with E-state index in [2.05, 4.69) is 26.6 Å². The van der Waals surface area contributed by atoms with Crippen molar-refractivity contribution in [2.45, 2.75) is 193 Å². The zero-order valence-electron chi connectivity index (χ0n) is 60.1. The topological polar surface area (TPSA) is 367 Å². The Morgan fingerprint density at radius 2 is 1.43 bits per heavy atom. The first-order chi connectivity index (χ1) is 46.9. The largest absolute Gasteiger partial charge is 0.455 e. The molecule has 100 heavy (non-hydrogen) atoms. The van der Waals surface area contributed by atoms with Gasteiger partial charge in [-0.2, -0.15) is 0 Å². The van der Waals surface area contributed by atoms with Gasteiger partial charge in [0.15, 0.2) is 17.5 Å². The molecule has 2 bridgehead atoms. The number of carbonyl (C=O) groups is 10. The van der Waals surface area contributed by atoms with E-state index >= 15 is 9.59 Å². The van der Waals surface area contributed by atoms with E-state index in [1.165, 1.54) is 45.3 Å². The average Bonchev–Trinajstić information content (AvgIpc) is 0.661. The molecule has 28 heteroatoms. The summed E-state index contributed by atoms with van der Waals surface area (Å²) < 4.78 is 55.6. The first-order valence-electron chi connectivity index (χ1n) is 33.6. The second-order valence-corrected chi connectivity index (χ2v) is 28.4. The predicted molar refractivity (Wildman–Crippen MR) is 364 cm³/mol. The monoisotopic (exact) mass is 1400 g/mol. The molecule has 7 rings (SSSR count). The van der Waals surface area contributed by atoms with Crippen LogP contribution in [0, 0.1) is 22.7 Å². The summed E-state index contributed by atoms with van der Waals surface area (Å²) in [6.45, 7) is 19.5.